The van der Waals surface area contributed by atoms with Crippen LogP contribution in [0.25, 0.3) is 0 Å². The van der Waals surface area contributed by atoms with E-state index < -0.39 is 17.4 Å². The SMILES string of the molecule is CCCCCCCCCCCCCCCCCCOC(=O)C1(C(=O)O)CCCCC1. The second-order valence-electron chi connectivity index (χ2n) is 9.39. The Labute approximate surface area is 185 Å². The van der Waals surface area contributed by atoms with Crippen molar-refractivity contribution < 1.29 is 19.4 Å². The number of carboxylic acids is 1. The van der Waals surface area contributed by atoms with Crippen LogP contribution in [0.4, 0.5) is 0 Å². The summed E-state index contributed by atoms with van der Waals surface area (Å²) in [5.74, 6) is -1.50. The number of ether oxygens (including phenoxy) is 1. The number of carbonyl (C=O) groups excluding carboxylic acids is 1. The van der Waals surface area contributed by atoms with Gasteiger partial charge in [0.15, 0.2) is 5.41 Å². The number of hydrogen-bond donors (Lipinski definition) is 1. The molecule has 4 heteroatoms. The van der Waals surface area contributed by atoms with Crippen LogP contribution in [0, 0.1) is 5.41 Å². The summed E-state index contributed by atoms with van der Waals surface area (Å²) in [5, 5.41) is 9.50. The number of rotatable bonds is 19. The Kier molecular flexibility index (Phi) is 15.8. The average molecular weight is 425 g/mol. The largest absolute Gasteiger partial charge is 0.480 e. The van der Waals surface area contributed by atoms with Gasteiger partial charge in [0.05, 0.1) is 6.61 Å². The van der Waals surface area contributed by atoms with E-state index in [-0.39, 0.29) is 0 Å². The Morgan fingerprint density at radius 3 is 1.47 bits per heavy atom. The maximum Gasteiger partial charge on any atom is 0.323 e. The number of unbranched alkanes of at least 4 members (excludes halogenated alkanes) is 15. The Hall–Kier alpha value is -1.06. The summed E-state index contributed by atoms with van der Waals surface area (Å²) in [5.41, 5.74) is -1.27. The third-order valence-corrected chi connectivity index (χ3v) is 6.74. The van der Waals surface area contributed by atoms with Crippen molar-refractivity contribution in [1.82, 2.24) is 0 Å². The van der Waals surface area contributed by atoms with Gasteiger partial charge in [-0.1, -0.05) is 122 Å². The Morgan fingerprint density at radius 2 is 1.07 bits per heavy atom. The molecule has 30 heavy (non-hydrogen) atoms. The maximum atomic E-state index is 12.3. The third-order valence-electron chi connectivity index (χ3n) is 6.74. The fourth-order valence-corrected chi connectivity index (χ4v) is 4.61. The van der Waals surface area contributed by atoms with Gasteiger partial charge in [-0.3, -0.25) is 9.59 Å². The van der Waals surface area contributed by atoms with Crippen LogP contribution in [-0.4, -0.2) is 23.7 Å². The summed E-state index contributed by atoms with van der Waals surface area (Å²) in [6, 6.07) is 0. The van der Waals surface area contributed by atoms with E-state index in [2.05, 4.69) is 6.92 Å². The summed E-state index contributed by atoms with van der Waals surface area (Å²) >= 11 is 0. The molecule has 0 bridgehead atoms. The quantitative estimate of drug-likeness (QED) is 0.130. The van der Waals surface area contributed by atoms with Gasteiger partial charge in [-0.25, -0.2) is 0 Å². The van der Waals surface area contributed by atoms with E-state index in [0.717, 1.165) is 32.1 Å². The lowest BCUT2D eigenvalue weighted by molar-refractivity contribution is -0.171. The van der Waals surface area contributed by atoms with Crippen molar-refractivity contribution in [3.8, 4) is 0 Å². The second kappa shape index (κ2) is 17.6. The molecular formula is C26H48O4. The zero-order chi connectivity index (χ0) is 21.9. The maximum absolute atomic E-state index is 12.3. The number of esters is 1. The van der Waals surface area contributed by atoms with Gasteiger partial charge < -0.3 is 9.84 Å². The molecule has 0 unspecified atom stereocenters. The van der Waals surface area contributed by atoms with Crippen LogP contribution in [0.1, 0.15) is 142 Å². The number of carboxylic acid groups (broad SMARTS) is 1. The summed E-state index contributed by atoms with van der Waals surface area (Å²) in [7, 11) is 0. The van der Waals surface area contributed by atoms with Crippen LogP contribution in [0.2, 0.25) is 0 Å². The molecule has 1 fully saturated rings. The van der Waals surface area contributed by atoms with Crippen LogP contribution in [-0.2, 0) is 14.3 Å². The molecular weight excluding hydrogens is 376 g/mol. The average Bonchev–Trinajstić information content (AvgIpc) is 2.76. The lowest BCUT2D eigenvalue weighted by atomic mass is 9.74. The smallest absolute Gasteiger partial charge is 0.323 e. The van der Waals surface area contributed by atoms with Crippen molar-refractivity contribution in [1.29, 1.82) is 0 Å². The highest BCUT2D eigenvalue weighted by Crippen LogP contribution is 2.37. The van der Waals surface area contributed by atoms with E-state index in [0.29, 0.717) is 19.4 Å². The molecule has 0 atom stereocenters. The van der Waals surface area contributed by atoms with Gasteiger partial charge in [0.1, 0.15) is 0 Å². The lowest BCUT2D eigenvalue weighted by Gasteiger charge is -2.30. The van der Waals surface area contributed by atoms with Gasteiger partial charge in [-0.05, 0) is 19.3 Å². The summed E-state index contributed by atoms with van der Waals surface area (Å²) < 4.78 is 5.35. The second-order valence-corrected chi connectivity index (χ2v) is 9.39. The Balaban J connectivity index is 1.87. The number of hydrogen-bond acceptors (Lipinski definition) is 3. The first-order valence-electron chi connectivity index (χ1n) is 13.0. The monoisotopic (exact) mass is 424 g/mol. The zero-order valence-corrected chi connectivity index (χ0v) is 19.7. The molecule has 1 N–H and O–H groups in total. The van der Waals surface area contributed by atoms with Crippen molar-refractivity contribution >= 4 is 11.9 Å². The van der Waals surface area contributed by atoms with E-state index in [1.807, 2.05) is 0 Å². The molecule has 0 amide bonds. The molecule has 0 radical (unpaired) electrons. The van der Waals surface area contributed by atoms with Crippen LogP contribution < -0.4 is 0 Å². The van der Waals surface area contributed by atoms with Crippen molar-refractivity contribution in [2.24, 2.45) is 5.41 Å². The van der Waals surface area contributed by atoms with Gasteiger partial charge in [0.25, 0.3) is 0 Å². The van der Waals surface area contributed by atoms with E-state index in [4.69, 9.17) is 4.74 Å². The summed E-state index contributed by atoms with van der Waals surface area (Å²) in [6.07, 6.45) is 24.5. The molecule has 176 valence electrons. The predicted octanol–water partition coefficient (Wildman–Crippen LogP) is 7.83. The first-order chi connectivity index (χ1) is 14.6. The van der Waals surface area contributed by atoms with Crippen molar-refractivity contribution in [2.45, 2.75) is 142 Å². The predicted molar refractivity (Wildman–Crippen MR) is 124 cm³/mol. The van der Waals surface area contributed by atoms with E-state index in [1.54, 1.807) is 0 Å². The van der Waals surface area contributed by atoms with E-state index >= 15 is 0 Å². The van der Waals surface area contributed by atoms with E-state index in [9.17, 15) is 14.7 Å². The summed E-state index contributed by atoms with van der Waals surface area (Å²) in [6.45, 7) is 2.64. The van der Waals surface area contributed by atoms with Crippen LogP contribution in [0.15, 0.2) is 0 Å². The van der Waals surface area contributed by atoms with Crippen LogP contribution in [0.5, 0.6) is 0 Å². The normalized spacial score (nSPS) is 15.8. The van der Waals surface area contributed by atoms with Gasteiger partial charge in [0.2, 0.25) is 0 Å². The fraction of sp³-hybridized carbons (Fsp3) is 0.923. The minimum Gasteiger partial charge on any atom is -0.480 e. The van der Waals surface area contributed by atoms with Crippen molar-refractivity contribution in [2.75, 3.05) is 6.61 Å². The van der Waals surface area contributed by atoms with Gasteiger partial charge in [0, 0.05) is 0 Å². The van der Waals surface area contributed by atoms with Gasteiger partial charge >= 0.3 is 11.9 Å². The molecule has 0 aromatic carbocycles. The van der Waals surface area contributed by atoms with Gasteiger partial charge in [-0.2, -0.15) is 0 Å². The highest BCUT2D eigenvalue weighted by molar-refractivity contribution is 5.99. The Morgan fingerprint density at radius 1 is 0.667 bits per heavy atom. The molecule has 0 heterocycles. The zero-order valence-electron chi connectivity index (χ0n) is 19.7. The molecule has 0 aliphatic heterocycles. The minimum atomic E-state index is -1.27. The highest BCUT2D eigenvalue weighted by Gasteiger charge is 2.48. The molecule has 1 saturated carbocycles. The molecule has 0 saturated heterocycles. The minimum absolute atomic E-state index is 0.367. The molecule has 1 rings (SSSR count). The fourth-order valence-electron chi connectivity index (χ4n) is 4.61. The number of aliphatic carboxylic acids is 1. The number of carbonyl (C=O) groups is 2. The van der Waals surface area contributed by atoms with Crippen molar-refractivity contribution in [3.05, 3.63) is 0 Å². The van der Waals surface area contributed by atoms with Crippen molar-refractivity contribution in [3.63, 3.8) is 0 Å². The topological polar surface area (TPSA) is 63.6 Å². The molecule has 4 nitrogen and oxygen atoms in total. The van der Waals surface area contributed by atoms with Gasteiger partial charge in [-0.15, -0.1) is 0 Å². The molecule has 0 aromatic heterocycles. The first-order valence-corrected chi connectivity index (χ1v) is 13.0. The van der Waals surface area contributed by atoms with Crippen LogP contribution in [0.3, 0.4) is 0 Å². The molecule has 0 spiro atoms. The van der Waals surface area contributed by atoms with E-state index in [1.165, 1.54) is 89.9 Å². The summed E-state index contributed by atoms with van der Waals surface area (Å²) in [4.78, 5) is 23.9. The molecule has 0 aromatic rings. The Bertz CT molecular complexity index is 440. The standard InChI is InChI=1S/C26H48O4/c1-2-3-4-5-6-7-8-9-10-11-12-13-14-15-16-20-23-30-25(29)26(24(27)28)21-18-17-19-22-26/h2-23H2,1H3,(H,27,28). The molecule has 1 aliphatic rings. The highest BCUT2D eigenvalue weighted by atomic mass is 16.5. The molecule has 1 aliphatic carbocycles. The first kappa shape index (κ1) is 27.0. The van der Waals surface area contributed by atoms with Crippen LogP contribution >= 0.6 is 0 Å². The lowest BCUT2D eigenvalue weighted by Crippen LogP contribution is -2.42. The third kappa shape index (κ3) is 11.4.